The quantitative estimate of drug-likeness (QED) is 0.356. The smallest absolute Gasteiger partial charge is 0.258 e. The van der Waals surface area contributed by atoms with E-state index in [1.54, 1.807) is 6.07 Å². The Labute approximate surface area is 137 Å². The molecular formula is C12H4Cl3N3O2S. The summed E-state index contributed by atoms with van der Waals surface area (Å²) < 4.78 is 0.968. The van der Waals surface area contributed by atoms with Crippen LogP contribution in [0.1, 0.15) is 0 Å². The highest BCUT2D eigenvalue weighted by Crippen LogP contribution is 2.38. The summed E-state index contributed by atoms with van der Waals surface area (Å²) in [5, 5.41) is 11.3. The van der Waals surface area contributed by atoms with Gasteiger partial charge in [-0.1, -0.05) is 34.8 Å². The molecule has 1 aromatic carbocycles. The minimum atomic E-state index is -0.501. The molecule has 0 aliphatic rings. The third-order valence-corrected chi connectivity index (χ3v) is 4.52. The predicted molar refractivity (Wildman–Crippen MR) is 84.5 cm³/mol. The molecule has 5 nitrogen and oxygen atoms in total. The van der Waals surface area contributed by atoms with Crippen molar-refractivity contribution in [2.24, 2.45) is 0 Å². The van der Waals surface area contributed by atoms with Gasteiger partial charge in [0.2, 0.25) is 0 Å². The van der Waals surface area contributed by atoms with Gasteiger partial charge in [-0.05, 0) is 12.1 Å². The normalized spacial score (nSPS) is 11.0. The first-order chi connectivity index (χ1) is 9.95. The minimum Gasteiger partial charge on any atom is -0.258 e. The van der Waals surface area contributed by atoms with E-state index in [4.69, 9.17) is 34.8 Å². The van der Waals surface area contributed by atoms with Gasteiger partial charge in [0.25, 0.3) is 5.69 Å². The lowest BCUT2D eigenvalue weighted by molar-refractivity contribution is -0.384. The van der Waals surface area contributed by atoms with Crippen LogP contribution in [0.2, 0.25) is 13.8 Å². The molecule has 0 fully saturated rings. The van der Waals surface area contributed by atoms with Crippen molar-refractivity contribution in [3.05, 3.63) is 48.2 Å². The Bertz CT molecular complexity index is 882. The van der Waals surface area contributed by atoms with Gasteiger partial charge in [-0.25, -0.2) is 9.97 Å². The number of benzene rings is 1. The van der Waals surface area contributed by atoms with E-state index >= 15 is 0 Å². The van der Waals surface area contributed by atoms with E-state index < -0.39 is 4.92 Å². The Hall–Kier alpha value is -1.47. The summed E-state index contributed by atoms with van der Waals surface area (Å²) in [4.78, 5) is 18.7. The molecule has 2 heterocycles. The molecule has 0 amide bonds. The number of nitrogens with zero attached hydrogens (tertiary/aromatic N) is 3. The summed E-state index contributed by atoms with van der Waals surface area (Å²) in [6, 6.07) is 5.87. The van der Waals surface area contributed by atoms with Crippen molar-refractivity contribution in [2.45, 2.75) is 0 Å². The number of rotatable bonds is 2. The number of hydrogen-bond donors (Lipinski definition) is 0. The molecule has 0 saturated carbocycles. The lowest BCUT2D eigenvalue weighted by Gasteiger charge is -2.03. The van der Waals surface area contributed by atoms with Crippen molar-refractivity contribution in [3.63, 3.8) is 0 Å². The van der Waals surface area contributed by atoms with Crippen molar-refractivity contribution < 1.29 is 4.92 Å². The summed E-state index contributed by atoms with van der Waals surface area (Å²) in [5.41, 5.74) is 1.00. The number of thiophene rings is 1. The average molecular weight is 361 g/mol. The molecule has 9 heteroatoms. The van der Waals surface area contributed by atoms with E-state index in [1.165, 1.54) is 29.5 Å². The third kappa shape index (κ3) is 2.67. The molecule has 0 aliphatic heterocycles. The maximum atomic E-state index is 10.8. The molecule has 0 N–H and O–H groups in total. The monoisotopic (exact) mass is 359 g/mol. The summed E-state index contributed by atoms with van der Waals surface area (Å²) in [5.74, 6) is 0.328. The van der Waals surface area contributed by atoms with Crippen LogP contribution in [0.4, 0.5) is 5.69 Å². The molecule has 0 unspecified atom stereocenters. The van der Waals surface area contributed by atoms with Crippen LogP contribution >= 0.6 is 46.1 Å². The largest absolute Gasteiger partial charge is 0.270 e. The first-order valence-electron chi connectivity index (χ1n) is 5.52. The van der Waals surface area contributed by atoms with E-state index in [9.17, 15) is 10.1 Å². The summed E-state index contributed by atoms with van der Waals surface area (Å²) in [6.45, 7) is 0. The van der Waals surface area contributed by atoms with Gasteiger partial charge >= 0.3 is 0 Å². The molecule has 0 saturated heterocycles. The molecule has 0 radical (unpaired) electrons. The van der Waals surface area contributed by atoms with Crippen LogP contribution in [-0.4, -0.2) is 14.9 Å². The van der Waals surface area contributed by atoms with Crippen LogP contribution in [0.25, 0.3) is 22.3 Å². The van der Waals surface area contributed by atoms with E-state index in [1.807, 2.05) is 0 Å². The summed E-state index contributed by atoms with van der Waals surface area (Å²) in [7, 11) is 0. The van der Waals surface area contributed by atoms with Crippen LogP contribution in [0, 0.1) is 10.1 Å². The summed E-state index contributed by atoms with van der Waals surface area (Å²) in [6.07, 6.45) is 0. The van der Waals surface area contributed by atoms with Crippen molar-refractivity contribution >= 4 is 62.7 Å². The van der Waals surface area contributed by atoms with Crippen LogP contribution < -0.4 is 0 Å². The van der Waals surface area contributed by atoms with E-state index in [-0.39, 0.29) is 10.8 Å². The molecule has 3 aromatic rings. The topological polar surface area (TPSA) is 68.9 Å². The third-order valence-electron chi connectivity index (χ3n) is 2.74. The highest BCUT2D eigenvalue weighted by atomic mass is 35.5. The van der Waals surface area contributed by atoms with Crippen LogP contribution in [0.3, 0.4) is 0 Å². The Kier molecular flexibility index (Phi) is 3.71. The zero-order valence-corrected chi connectivity index (χ0v) is 13.1. The van der Waals surface area contributed by atoms with Crippen molar-refractivity contribution in [1.82, 2.24) is 9.97 Å². The average Bonchev–Trinajstić information content (AvgIpc) is 2.77. The first kappa shape index (κ1) is 14.5. The molecule has 3 rings (SSSR count). The lowest BCUT2D eigenvalue weighted by atomic mass is 10.2. The minimum absolute atomic E-state index is 0.0719. The second kappa shape index (κ2) is 5.38. The molecule has 0 atom stereocenters. The van der Waals surface area contributed by atoms with Crippen LogP contribution in [-0.2, 0) is 0 Å². The Morgan fingerprint density at radius 3 is 2.52 bits per heavy atom. The van der Waals surface area contributed by atoms with Gasteiger partial charge < -0.3 is 0 Å². The Morgan fingerprint density at radius 1 is 1.14 bits per heavy atom. The summed E-state index contributed by atoms with van der Waals surface area (Å²) >= 11 is 19.3. The predicted octanol–water partition coefficient (Wildman–Crippen LogP) is 5.23. The van der Waals surface area contributed by atoms with Gasteiger partial charge in [-0.2, -0.15) is 0 Å². The van der Waals surface area contributed by atoms with Gasteiger partial charge in [-0.3, -0.25) is 10.1 Å². The number of nitro benzene ring substituents is 1. The molecule has 106 valence electrons. The number of hydrogen-bond acceptors (Lipinski definition) is 5. The maximum absolute atomic E-state index is 10.8. The Morgan fingerprint density at radius 2 is 1.90 bits per heavy atom. The number of halogens is 3. The highest BCUT2D eigenvalue weighted by Gasteiger charge is 2.16. The van der Waals surface area contributed by atoms with E-state index in [0.717, 1.165) is 0 Å². The number of nitro groups is 1. The standard InChI is InChI=1S/C12H4Cl3N3O2S/c13-9-4-7(11(15)21-9)12-16-8-2-1-5(18(19)20)3-6(8)10(14)17-12/h1-4H. The zero-order chi connectivity index (χ0) is 15.1. The fraction of sp³-hybridized carbons (Fsp3) is 0. The van der Waals surface area contributed by atoms with Crippen molar-refractivity contribution in [3.8, 4) is 11.4 Å². The maximum Gasteiger partial charge on any atom is 0.270 e. The fourth-order valence-corrected chi connectivity index (χ4v) is 3.49. The molecule has 2 aromatic heterocycles. The van der Waals surface area contributed by atoms with Crippen LogP contribution in [0.5, 0.6) is 0 Å². The molecular weight excluding hydrogens is 357 g/mol. The second-order valence-corrected chi connectivity index (χ2v) is 6.68. The van der Waals surface area contributed by atoms with Crippen molar-refractivity contribution in [2.75, 3.05) is 0 Å². The van der Waals surface area contributed by atoms with Gasteiger partial charge in [0.1, 0.15) is 9.49 Å². The fourth-order valence-electron chi connectivity index (χ4n) is 1.81. The highest BCUT2D eigenvalue weighted by molar-refractivity contribution is 7.20. The molecule has 0 spiro atoms. The van der Waals surface area contributed by atoms with E-state index in [2.05, 4.69) is 9.97 Å². The van der Waals surface area contributed by atoms with Gasteiger partial charge in [0, 0.05) is 17.5 Å². The second-order valence-electron chi connectivity index (χ2n) is 4.03. The molecule has 21 heavy (non-hydrogen) atoms. The number of non-ortho nitro benzene ring substituents is 1. The first-order valence-corrected chi connectivity index (χ1v) is 7.47. The van der Waals surface area contributed by atoms with Gasteiger partial charge in [-0.15, -0.1) is 11.3 Å². The van der Waals surface area contributed by atoms with Crippen molar-refractivity contribution in [1.29, 1.82) is 0 Å². The number of aromatic nitrogens is 2. The molecule has 0 bridgehead atoms. The van der Waals surface area contributed by atoms with Crippen LogP contribution in [0.15, 0.2) is 24.3 Å². The van der Waals surface area contributed by atoms with E-state index in [0.29, 0.717) is 31.0 Å². The SMILES string of the molecule is O=[N+]([O-])c1ccc2nc(-c3cc(Cl)sc3Cl)nc(Cl)c2c1. The lowest BCUT2D eigenvalue weighted by Crippen LogP contribution is -1.93. The zero-order valence-electron chi connectivity index (χ0n) is 10.0. The van der Waals surface area contributed by atoms with Gasteiger partial charge in [0.05, 0.1) is 20.3 Å². The number of fused-ring (bicyclic) bond motifs is 1. The van der Waals surface area contributed by atoms with Gasteiger partial charge in [0.15, 0.2) is 5.82 Å². The Balaban J connectivity index is 2.22. The molecule has 0 aliphatic carbocycles.